The third-order valence-corrected chi connectivity index (χ3v) is 8.64. The van der Waals surface area contributed by atoms with Crippen LogP contribution in [0, 0.1) is 27.7 Å². The van der Waals surface area contributed by atoms with Gasteiger partial charge in [0.1, 0.15) is 21.5 Å². The third kappa shape index (κ3) is 18.3. The minimum atomic E-state index is 0.159. The van der Waals surface area contributed by atoms with Crippen molar-refractivity contribution in [2.45, 2.75) is 139 Å². The van der Waals surface area contributed by atoms with Crippen molar-refractivity contribution in [3.63, 3.8) is 0 Å². The first-order valence-corrected chi connectivity index (χ1v) is 18.7. The summed E-state index contributed by atoms with van der Waals surface area (Å²) in [5, 5.41) is 17.8. The number of aryl methyl sites for hydroxylation is 4. The Morgan fingerprint density at radius 2 is 1.24 bits per heavy atom. The second-order valence-corrected chi connectivity index (χ2v) is 16.4. The van der Waals surface area contributed by atoms with E-state index in [-0.39, 0.29) is 5.41 Å². The Morgan fingerprint density at radius 3 is 1.49 bits per heavy atom. The van der Waals surface area contributed by atoms with E-state index in [1.54, 1.807) is 17.5 Å². The number of pyridine rings is 2. The Labute approximate surface area is 312 Å². The summed E-state index contributed by atoms with van der Waals surface area (Å²) in [6.45, 7) is 32.4. The van der Waals surface area contributed by atoms with Gasteiger partial charge in [0.25, 0.3) is 0 Å². The Kier molecular flexibility index (Phi) is 19.7. The van der Waals surface area contributed by atoms with Gasteiger partial charge in [0.2, 0.25) is 0 Å². The lowest BCUT2D eigenvalue weighted by atomic mass is 9.98. The molecule has 9 nitrogen and oxygen atoms in total. The van der Waals surface area contributed by atoms with E-state index in [2.05, 4.69) is 136 Å². The van der Waals surface area contributed by atoms with Crippen LogP contribution in [-0.4, -0.2) is 49.5 Å². The molecule has 0 bridgehead atoms. The lowest BCUT2D eigenvalue weighted by Crippen LogP contribution is -2.10. The average Bonchev–Trinajstić information content (AvgIpc) is 3.79. The Bertz CT molecular complexity index is 1610. The molecule has 5 heterocycles. The van der Waals surface area contributed by atoms with Crippen LogP contribution in [0.25, 0.3) is 0 Å². The van der Waals surface area contributed by atoms with Crippen LogP contribution in [0.4, 0.5) is 0 Å². The summed E-state index contributed by atoms with van der Waals surface area (Å²) in [6, 6.07) is 10.4. The fourth-order valence-electron chi connectivity index (χ4n) is 4.31. The highest BCUT2D eigenvalue weighted by molar-refractivity contribution is 7.11. The van der Waals surface area contributed by atoms with Crippen LogP contribution < -0.4 is 0 Å². The molecule has 0 unspecified atom stereocenters. The second kappa shape index (κ2) is 22.2. The first kappa shape index (κ1) is 45.3. The molecular weight excluding hydrogens is 655 g/mol. The number of aromatic nitrogens is 6. The van der Waals surface area contributed by atoms with E-state index in [0.29, 0.717) is 23.7 Å². The van der Waals surface area contributed by atoms with E-state index in [4.69, 9.17) is 9.05 Å². The summed E-state index contributed by atoms with van der Waals surface area (Å²) in [5.41, 5.74) is 7.31. The molecule has 5 aromatic rings. The van der Waals surface area contributed by atoms with Gasteiger partial charge in [-0.05, 0) is 94.9 Å². The first-order chi connectivity index (χ1) is 23.7. The fraction of sp³-hybridized carbons (Fsp3) is 0.561. The van der Waals surface area contributed by atoms with Gasteiger partial charge in [-0.1, -0.05) is 86.5 Å². The molecule has 0 aliphatic rings. The standard InChI is InChI=1S/C9H16N2O.2C9H13N.C7H12N2S.C7H11NO/c1-7(2)9-5-8(10-12-9)6-11(3)4;2*1-7(2)9-4-5-10-8(3)6-9;1-5-8-9-6(10-5)7(2,3)4;1-5(2)7-4-8-9-6(7)3/h5,7H,6H2,1-4H3;2*4-7H,1-3H3;1-4H3;4-5H,1-3H3. The van der Waals surface area contributed by atoms with Crippen molar-refractivity contribution < 1.29 is 9.05 Å². The van der Waals surface area contributed by atoms with Gasteiger partial charge < -0.3 is 13.9 Å². The maximum absolute atomic E-state index is 5.15. The van der Waals surface area contributed by atoms with Crippen molar-refractivity contribution >= 4 is 11.3 Å². The van der Waals surface area contributed by atoms with Gasteiger partial charge in [0, 0.05) is 53.3 Å². The fourth-order valence-corrected chi connectivity index (χ4v) is 5.06. The number of rotatable bonds is 6. The lowest BCUT2D eigenvalue weighted by molar-refractivity contribution is 0.343. The summed E-state index contributed by atoms with van der Waals surface area (Å²) in [6.07, 6.45) is 5.51. The molecule has 0 radical (unpaired) electrons. The van der Waals surface area contributed by atoms with E-state index >= 15 is 0 Å². The average molecular weight is 720 g/mol. The minimum Gasteiger partial charge on any atom is -0.361 e. The zero-order valence-corrected chi connectivity index (χ0v) is 35.3. The Morgan fingerprint density at radius 1 is 0.706 bits per heavy atom. The van der Waals surface area contributed by atoms with Gasteiger partial charge in [-0.2, -0.15) is 0 Å². The van der Waals surface area contributed by atoms with Crippen molar-refractivity contribution in [2.75, 3.05) is 14.1 Å². The summed E-state index contributed by atoms with van der Waals surface area (Å²) < 4.78 is 10.0. The molecule has 0 aliphatic heterocycles. The summed E-state index contributed by atoms with van der Waals surface area (Å²) in [5.74, 6) is 4.07. The number of hydrogen-bond donors (Lipinski definition) is 0. The van der Waals surface area contributed by atoms with Crippen LogP contribution in [0.15, 0.2) is 58.0 Å². The molecule has 0 fully saturated rings. The number of hydrogen-bond acceptors (Lipinski definition) is 10. The molecular formula is C41H65N7O2S. The zero-order chi connectivity index (χ0) is 38.9. The SMILES string of the molecule is CC(C)c1cc(CN(C)C)no1.Cc1cc(C(C)C)ccn1.Cc1cc(C(C)C)ccn1.Cc1nnc(C(C)(C)C)s1.Cc1oncc1C(C)C. The van der Waals surface area contributed by atoms with E-state index in [1.807, 2.05) is 60.3 Å². The Hall–Kier alpha value is -3.76. The molecule has 0 amide bonds. The van der Waals surface area contributed by atoms with Gasteiger partial charge in [0.15, 0.2) is 0 Å². The molecule has 0 aliphatic carbocycles. The lowest BCUT2D eigenvalue weighted by Gasteiger charge is -2.12. The molecule has 0 spiro atoms. The van der Waals surface area contributed by atoms with Crippen molar-refractivity contribution in [1.29, 1.82) is 0 Å². The molecule has 0 aromatic carbocycles. The highest BCUT2D eigenvalue weighted by Gasteiger charge is 2.17. The highest BCUT2D eigenvalue weighted by Crippen LogP contribution is 2.24. The van der Waals surface area contributed by atoms with E-state index < -0.39 is 0 Å². The minimum absolute atomic E-state index is 0.159. The van der Waals surface area contributed by atoms with Gasteiger partial charge in [-0.3, -0.25) is 9.97 Å². The molecule has 0 atom stereocenters. The highest BCUT2D eigenvalue weighted by atomic mass is 32.1. The van der Waals surface area contributed by atoms with Crippen LogP contribution in [0.1, 0.15) is 155 Å². The summed E-state index contributed by atoms with van der Waals surface area (Å²) in [7, 11) is 4.04. The molecule has 0 saturated carbocycles. The van der Waals surface area contributed by atoms with Crippen LogP contribution in [0.3, 0.4) is 0 Å². The normalized spacial score (nSPS) is 11.0. The number of nitrogens with zero attached hydrogens (tertiary/aromatic N) is 7. The molecule has 0 saturated heterocycles. The van der Waals surface area contributed by atoms with Crippen LogP contribution in [-0.2, 0) is 12.0 Å². The monoisotopic (exact) mass is 719 g/mol. The zero-order valence-electron chi connectivity index (χ0n) is 34.5. The summed E-state index contributed by atoms with van der Waals surface area (Å²) in [4.78, 5) is 10.3. The quantitative estimate of drug-likeness (QED) is 0.169. The third-order valence-electron chi connectivity index (χ3n) is 7.38. The van der Waals surface area contributed by atoms with Gasteiger partial charge in [-0.15, -0.1) is 21.5 Å². The largest absolute Gasteiger partial charge is 0.361 e. The van der Waals surface area contributed by atoms with Gasteiger partial charge in [0.05, 0.1) is 11.9 Å². The molecule has 10 heteroatoms. The van der Waals surface area contributed by atoms with Crippen LogP contribution in [0.5, 0.6) is 0 Å². The van der Waals surface area contributed by atoms with Crippen LogP contribution in [0.2, 0.25) is 0 Å². The molecule has 5 aromatic heterocycles. The predicted molar refractivity (Wildman–Crippen MR) is 213 cm³/mol. The van der Waals surface area contributed by atoms with E-state index in [0.717, 1.165) is 45.2 Å². The van der Waals surface area contributed by atoms with Crippen LogP contribution >= 0.6 is 11.3 Å². The second-order valence-electron chi connectivity index (χ2n) is 15.3. The Balaban J connectivity index is 0.000000320. The van der Waals surface area contributed by atoms with Crippen molar-refractivity contribution in [3.05, 3.63) is 104 Å². The van der Waals surface area contributed by atoms with Crippen molar-refractivity contribution in [3.8, 4) is 0 Å². The molecule has 51 heavy (non-hydrogen) atoms. The maximum Gasteiger partial charge on any atom is 0.139 e. The first-order valence-electron chi connectivity index (χ1n) is 17.9. The van der Waals surface area contributed by atoms with E-state index in [1.165, 1.54) is 16.7 Å². The maximum atomic E-state index is 5.15. The smallest absolute Gasteiger partial charge is 0.139 e. The van der Waals surface area contributed by atoms with E-state index in [9.17, 15) is 0 Å². The van der Waals surface area contributed by atoms with Crippen molar-refractivity contribution in [1.82, 2.24) is 35.4 Å². The molecule has 0 N–H and O–H groups in total. The van der Waals surface area contributed by atoms with Gasteiger partial charge in [-0.25, -0.2) is 0 Å². The van der Waals surface area contributed by atoms with Crippen molar-refractivity contribution in [2.24, 2.45) is 0 Å². The molecule has 282 valence electrons. The molecule has 5 rings (SSSR count). The van der Waals surface area contributed by atoms with Gasteiger partial charge >= 0.3 is 0 Å². The predicted octanol–water partition coefficient (Wildman–Crippen LogP) is 11.1. The topological polar surface area (TPSA) is 107 Å². The summed E-state index contributed by atoms with van der Waals surface area (Å²) >= 11 is 1.67.